The molecule has 0 saturated heterocycles. The molecule has 14 heavy (non-hydrogen) atoms. The molecule has 7 N–H and O–H groups in total. The average molecular weight is 202 g/mol. The Labute approximate surface area is 87.6 Å². The van der Waals surface area contributed by atoms with Crippen molar-refractivity contribution < 1.29 is 0 Å². The fraction of sp³-hybridized carbons (Fsp3) is 1.00. The maximum absolute atomic E-state index is 6.15. The molecule has 86 valence electrons. The average Bonchev–Trinajstić information content (AvgIpc) is 2.01. The van der Waals surface area contributed by atoms with Crippen molar-refractivity contribution in [2.24, 2.45) is 17.2 Å². The molecule has 3 atom stereocenters. The number of nitrogens with two attached hydrogens (primary N) is 3. The molecule has 0 fully saturated rings. The minimum atomic E-state index is -0.440. The quantitative estimate of drug-likeness (QED) is 0.495. The van der Waals surface area contributed by atoms with E-state index in [2.05, 4.69) is 5.32 Å². The van der Waals surface area contributed by atoms with Crippen LogP contribution in [0.5, 0.6) is 0 Å². The third kappa shape index (κ3) is 2.92. The molecule has 0 aromatic rings. The molecule has 0 aliphatic heterocycles. The van der Waals surface area contributed by atoms with Crippen molar-refractivity contribution in [1.29, 1.82) is 0 Å². The van der Waals surface area contributed by atoms with Gasteiger partial charge in [0.25, 0.3) is 0 Å². The molecule has 0 aromatic carbocycles. The fourth-order valence-corrected chi connectivity index (χ4v) is 1.71. The summed E-state index contributed by atoms with van der Waals surface area (Å²) in [5, 5.41) is 3.33. The minimum Gasteiger partial charge on any atom is -0.326 e. The molecule has 0 heterocycles. The van der Waals surface area contributed by atoms with Crippen molar-refractivity contribution in [2.45, 2.75) is 57.8 Å². The Bertz CT molecular complexity index is 173. The van der Waals surface area contributed by atoms with Crippen molar-refractivity contribution in [2.75, 3.05) is 6.54 Å². The van der Waals surface area contributed by atoms with Gasteiger partial charge < -0.3 is 22.5 Å². The molecule has 0 amide bonds. The van der Waals surface area contributed by atoms with Crippen LogP contribution < -0.4 is 22.5 Å². The van der Waals surface area contributed by atoms with E-state index in [0.717, 1.165) is 6.54 Å². The molecule has 0 radical (unpaired) electrons. The van der Waals surface area contributed by atoms with E-state index >= 15 is 0 Å². The summed E-state index contributed by atoms with van der Waals surface area (Å²) in [5.41, 5.74) is 17.4. The second-order valence-electron chi connectivity index (χ2n) is 4.90. The highest BCUT2D eigenvalue weighted by molar-refractivity contribution is 5.07. The first kappa shape index (κ1) is 13.8. The summed E-state index contributed by atoms with van der Waals surface area (Å²) < 4.78 is 0. The lowest BCUT2D eigenvalue weighted by Crippen LogP contribution is -2.72. The summed E-state index contributed by atoms with van der Waals surface area (Å²) in [6, 6.07) is -0.227. The van der Waals surface area contributed by atoms with E-state index in [1.807, 2.05) is 34.6 Å². The summed E-state index contributed by atoms with van der Waals surface area (Å²) in [7, 11) is 0. The Balaban J connectivity index is 4.82. The molecule has 0 aromatic heterocycles. The van der Waals surface area contributed by atoms with Crippen LogP contribution in [0.2, 0.25) is 0 Å². The number of hydrogen-bond donors (Lipinski definition) is 4. The van der Waals surface area contributed by atoms with Gasteiger partial charge in [-0.05, 0) is 34.2 Å². The summed E-state index contributed by atoms with van der Waals surface area (Å²) in [6.07, 6.45) is 0. The molecule has 0 rings (SSSR count). The predicted octanol–water partition coefficient (Wildman–Crippen LogP) is -0.234. The van der Waals surface area contributed by atoms with Gasteiger partial charge in [-0.25, -0.2) is 0 Å². The Morgan fingerprint density at radius 3 is 1.86 bits per heavy atom. The zero-order chi connectivity index (χ0) is 11.6. The second kappa shape index (κ2) is 4.57. The number of rotatable bonds is 5. The predicted molar refractivity (Wildman–Crippen MR) is 62.0 cm³/mol. The number of hydrogen-bond acceptors (Lipinski definition) is 4. The highest BCUT2D eigenvalue weighted by Crippen LogP contribution is 2.19. The molecule has 3 unspecified atom stereocenters. The molecule has 0 aliphatic carbocycles. The molecule has 4 heteroatoms. The first-order valence-electron chi connectivity index (χ1n) is 5.21. The van der Waals surface area contributed by atoms with E-state index < -0.39 is 5.54 Å². The van der Waals surface area contributed by atoms with Crippen LogP contribution in [-0.2, 0) is 0 Å². The zero-order valence-electron chi connectivity index (χ0n) is 10.1. The zero-order valence-corrected chi connectivity index (χ0v) is 10.1. The van der Waals surface area contributed by atoms with Gasteiger partial charge in [0, 0.05) is 23.2 Å². The molecule has 0 aliphatic rings. The molecule has 0 spiro atoms. The highest BCUT2D eigenvalue weighted by atomic mass is 15.1. The third-order valence-corrected chi connectivity index (χ3v) is 2.95. The first-order chi connectivity index (χ1) is 6.16. The SMILES string of the molecule is CCNC(C)(C(C)N)C(N)C(C)(C)N. The van der Waals surface area contributed by atoms with E-state index in [-0.39, 0.29) is 17.6 Å². The standard InChI is InChI=1S/C10H26N4/c1-6-14-10(5,7(2)11)8(12)9(3,4)13/h7-8,14H,6,11-13H2,1-5H3. The molecule has 0 saturated carbocycles. The maximum atomic E-state index is 6.15. The van der Waals surface area contributed by atoms with Crippen molar-refractivity contribution in [3.05, 3.63) is 0 Å². The lowest BCUT2D eigenvalue weighted by Gasteiger charge is -2.45. The summed E-state index contributed by atoms with van der Waals surface area (Å²) in [4.78, 5) is 0. The van der Waals surface area contributed by atoms with Crippen LogP contribution in [0.3, 0.4) is 0 Å². The van der Waals surface area contributed by atoms with Crippen LogP contribution in [0.15, 0.2) is 0 Å². The van der Waals surface area contributed by atoms with Crippen LogP contribution in [0.1, 0.15) is 34.6 Å². The Morgan fingerprint density at radius 1 is 1.21 bits per heavy atom. The summed E-state index contributed by atoms with van der Waals surface area (Å²) in [6.45, 7) is 10.7. The largest absolute Gasteiger partial charge is 0.326 e. The van der Waals surface area contributed by atoms with E-state index in [9.17, 15) is 0 Å². The van der Waals surface area contributed by atoms with Crippen LogP contribution in [0.25, 0.3) is 0 Å². The lowest BCUT2D eigenvalue weighted by atomic mass is 9.77. The van der Waals surface area contributed by atoms with E-state index in [4.69, 9.17) is 17.2 Å². The van der Waals surface area contributed by atoms with Crippen molar-refractivity contribution in [3.63, 3.8) is 0 Å². The van der Waals surface area contributed by atoms with Gasteiger partial charge in [-0.1, -0.05) is 6.92 Å². The van der Waals surface area contributed by atoms with Crippen molar-refractivity contribution in [3.8, 4) is 0 Å². The second-order valence-corrected chi connectivity index (χ2v) is 4.90. The lowest BCUT2D eigenvalue weighted by molar-refractivity contribution is 0.195. The highest BCUT2D eigenvalue weighted by Gasteiger charge is 2.41. The van der Waals surface area contributed by atoms with Gasteiger partial charge in [-0.2, -0.15) is 0 Å². The van der Waals surface area contributed by atoms with Gasteiger partial charge in [-0.3, -0.25) is 0 Å². The van der Waals surface area contributed by atoms with Crippen LogP contribution in [0.4, 0.5) is 0 Å². The van der Waals surface area contributed by atoms with Gasteiger partial charge in [0.05, 0.1) is 0 Å². The van der Waals surface area contributed by atoms with Gasteiger partial charge >= 0.3 is 0 Å². The minimum absolute atomic E-state index is 0.0414. The van der Waals surface area contributed by atoms with Gasteiger partial charge in [0.2, 0.25) is 0 Å². The summed E-state index contributed by atoms with van der Waals surface area (Å²) in [5.74, 6) is 0. The van der Waals surface area contributed by atoms with Crippen molar-refractivity contribution >= 4 is 0 Å². The normalized spacial score (nSPS) is 21.4. The third-order valence-electron chi connectivity index (χ3n) is 2.95. The van der Waals surface area contributed by atoms with Gasteiger partial charge in [0.1, 0.15) is 0 Å². The molecule has 4 nitrogen and oxygen atoms in total. The molecule has 0 bridgehead atoms. The Hall–Kier alpha value is -0.160. The smallest absolute Gasteiger partial charge is 0.0472 e. The van der Waals surface area contributed by atoms with Gasteiger partial charge in [-0.15, -0.1) is 0 Å². The first-order valence-corrected chi connectivity index (χ1v) is 5.21. The molecular formula is C10H26N4. The summed E-state index contributed by atoms with van der Waals surface area (Å²) >= 11 is 0. The fourth-order valence-electron chi connectivity index (χ4n) is 1.71. The van der Waals surface area contributed by atoms with E-state index in [1.165, 1.54) is 0 Å². The topological polar surface area (TPSA) is 90.1 Å². The van der Waals surface area contributed by atoms with Gasteiger partial charge in [0.15, 0.2) is 0 Å². The Morgan fingerprint density at radius 2 is 1.64 bits per heavy atom. The van der Waals surface area contributed by atoms with Crippen LogP contribution >= 0.6 is 0 Å². The monoisotopic (exact) mass is 202 g/mol. The van der Waals surface area contributed by atoms with Crippen molar-refractivity contribution in [1.82, 2.24) is 5.32 Å². The molecular weight excluding hydrogens is 176 g/mol. The van der Waals surface area contributed by atoms with E-state index in [1.54, 1.807) is 0 Å². The maximum Gasteiger partial charge on any atom is 0.0472 e. The number of nitrogens with one attached hydrogen (secondary N) is 1. The van der Waals surface area contributed by atoms with Crippen LogP contribution in [0, 0.1) is 0 Å². The Kier molecular flexibility index (Phi) is 4.52. The number of likely N-dealkylation sites (N-methyl/N-ethyl adjacent to an activating group) is 1. The van der Waals surface area contributed by atoms with E-state index in [0.29, 0.717) is 0 Å². The van der Waals surface area contributed by atoms with Crippen LogP contribution in [-0.4, -0.2) is 29.7 Å².